The first-order chi connectivity index (χ1) is 13.4. The Labute approximate surface area is 161 Å². The molecule has 2 N–H and O–H groups in total. The zero-order valence-corrected chi connectivity index (χ0v) is 15.5. The van der Waals surface area contributed by atoms with Crippen LogP contribution in [-0.2, 0) is 19.1 Å². The molecule has 2 amide bonds. The lowest BCUT2D eigenvalue weighted by molar-refractivity contribution is -0.151. The Balaban J connectivity index is 1.82. The smallest absolute Gasteiger partial charge is 0.326 e. The number of benzene rings is 2. The van der Waals surface area contributed by atoms with Crippen LogP contribution in [0.2, 0.25) is 0 Å². The first-order valence-electron chi connectivity index (χ1n) is 8.96. The molecular weight excluding hydrogens is 360 g/mol. The molecule has 0 spiro atoms. The van der Waals surface area contributed by atoms with Crippen molar-refractivity contribution in [2.45, 2.75) is 18.5 Å². The van der Waals surface area contributed by atoms with Gasteiger partial charge in [0, 0.05) is 6.04 Å². The van der Waals surface area contributed by atoms with Crippen LogP contribution < -0.4 is 10.2 Å². The van der Waals surface area contributed by atoms with Gasteiger partial charge in [-0.05, 0) is 36.8 Å². The summed E-state index contributed by atoms with van der Waals surface area (Å²) in [5, 5.41) is 12.7. The molecule has 2 saturated heterocycles. The van der Waals surface area contributed by atoms with E-state index in [0.29, 0.717) is 11.3 Å². The molecular formula is C21H20N2O5. The van der Waals surface area contributed by atoms with Crippen LogP contribution in [0, 0.1) is 11.8 Å². The highest BCUT2D eigenvalue weighted by atomic mass is 16.5. The van der Waals surface area contributed by atoms with E-state index in [0.717, 1.165) is 4.90 Å². The van der Waals surface area contributed by atoms with Crippen LogP contribution in [0.15, 0.2) is 54.6 Å². The van der Waals surface area contributed by atoms with Crippen LogP contribution in [0.1, 0.15) is 18.5 Å². The molecule has 0 aliphatic carbocycles. The van der Waals surface area contributed by atoms with Gasteiger partial charge in [-0.2, -0.15) is 0 Å². The Hall–Kier alpha value is -3.19. The summed E-state index contributed by atoms with van der Waals surface area (Å²) >= 11 is 0. The second-order valence-electron chi connectivity index (χ2n) is 7.26. The van der Waals surface area contributed by atoms with E-state index in [9.17, 15) is 19.5 Å². The number of nitrogens with zero attached hydrogens (tertiary/aromatic N) is 1. The summed E-state index contributed by atoms with van der Waals surface area (Å²) < 4.78 is 4.95. The van der Waals surface area contributed by atoms with Gasteiger partial charge < -0.3 is 9.84 Å². The molecule has 0 bridgehead atoms. The number of carbonyl (C=O) groups excluding carboxylic acids is 3. The van der Waals surface area contributed by atoms with Crippen LogP contribution in [0.4, 0.5) is 5.69 Å². The van der Waals surface area contributed by atoms with Gasteiger partial charge in [0.2, 0.25) is 11.8 Å². The van der Waals surface area contributed by atoms with Gasteiger partial charge in [0.15, 0.2) is 0 Å². The van der Waals surface area contributed by atoms with Crippen LogP contribution in [-0.4, -0.2) is 35.5 Å². The number of methoxy groups -OCH3 is 1. The lowest BCUT2D eigenvalue weighted by Gasteiger charge is -2.28. The molecule has 2 aliphatic rings. The van der Waals surface area contributed by atoms with Crippen LogP contribution in [0.25, 0.3) is 0 Å². The molecule has 2 aliphatic heterocycles. The summed E-state index contributed by atoms with van der Waals surface area (Å²) in [7, 11) is 1.26. The monoisotopic (exact) mass is 380 g/mol. The van der Waals surface area contributed by atoms with Crippen molar-refractivity contribution in [1.82, 2.24) is 5.32 Å². The van der Waals surface area contributed by atoms with Gasteiger partial charge in [0.1, 0.15) is 11.3 Å². The van der Waals surface area contributed by atoms with E-state index in [4.69, 9.17) is 4.74 Å². The predicted octanol–water partition coefficient (Wildman–Crippen LogP) is 1.77. The third-order valence-electron chi connectivity index (χ3n) is 5.66. The molecule has 4 rings (SSSR count). The summed E-state index contributed by atoms with van der Waals surface area (Å²) in [4.78, 5) is 40.3. The zero-order chi connectivity index (χ0) is 20.1. The highest BCUT2D eigenvalue weighted by Gasteiger charge is 2.67. The maximum Gasteiger partial charge on any atom is 0.326 e. The van der Waals surface area contributed by atoms with E-state index in [1.165, 1.54) is 19.2 Å². The Morgan fingerprint density at radius 3 is 2.32 bits per heavy atom. The minimum absolute atomic E-state index is 0.0914. The normalized spacial score (nSPS) is 29.1. The summed E-state index contributed by atoms with van der Waals surface area (Å²) in [6, 6.07) is 14.5. The summed E-state index contributed by atoms with van der Waals surface area (Å²) in [5.41, 5.74) is -0.168. The van der Waals surface area contributed by atoms with Gasteiger partial charge in [0.25, 0.3) is 0 Å². The first kappa shape index (κ1) is 18.2. The van der Waals surface area contributed by atoms with Crippen molar-refractivity contribution in [2.75, 3.05) is 12.0 Å². The largest absolute Gasteiger partial charge is 0.508 e. The zero-order valence-electron chi connectivity index (χ0n) is 15.5. The molecule has 0 radical (unpaired) electrons. The van der Waals surface area contributed by atoms with Gasteiger partial charge in [-0.15, -0.1) is 0 Å². The van der Waals surface area contributed by atoms with Gasteiger partial charge >= 0.3 is 5.97 Å². The Morgan fingerprint density at radius 1 is 1.07 bits per heavy atom. The molecule has 2 heterocycles. The number of phenolic OH excluding ortho intramolecular Hbond substituents is 1. The SMILES string of the molecule is COC(=O)[C@]1(C)N[C@H](c2ccc(O)cc2)[C@@H]2C(=O)N(c3ccccc3)C(=O)[C@@H]21. The number of hydrogen-bond acceptors (Lipinski definition) is 6. The number of rotatable bonds is 3. The summed E-state index contributed by atoms with van der Waals surface area (Å²) in [6.45, 7) is 1.59. The summed E-state index contributed by atoms with van der Waals surface area (Å²) in [6.07, 6.45) is 0. The maximum absolute atomic E-state index is 13.3. The molecule has 0 unspecified atom stereocenters. The fraction of sp³-hybridized carbons (Fsp3) is 0.286. The fourth-order valence-corrected chi connectivity index (χ4v) is 4.34. The average Bonchev–Trinajstić information content (AvgIpc) is 3.16. The number of fused-ring (bicyclic) bond motifs is 1. The number of para-hydroxylation sites is 1. The number of ether oxygens (including phenoxy) is 1. The Bertz CT molecular complexity index is 943. The Kier molecular flexibility index (Phi) is 4.19. The standard InChI is InChI=1S/C21H20N2O5/c1-21(20(27)28-2)16-15(17(22-21)12-8-10-14(24)11-9-12)18(25)23(19(16)26)13-6-4-3-5-7-13/h3-11,15-17,22,24H,1-2H3/t15-,16-,17-,21-/m1/s1. The molecule has 7 heteroatoms. The van der Waals surface area contributed by atoms with Crippen LogP contribution >= 0.6 is 0 Å². The molecule has 28 heavy (non-hydrogen) atoms. The van der Waals surface area contributed by atoms with Crippen molar-refractivity contribution in [3.63, 3.8) is 0 Å². The number of carbonyl (C=O) groups is 3. The minimum atomic E-state index is -1.35. The van der Waals surface area contributed by atoms with Gasteiger partial charge in [0.05, 0.1) is 24.6 Å². The van der Waals surface area contributed by atoms with E-state index in [1.807, 2.05) is 0 Å². The third kappa shape index (κ3) is 2.51. The lowest BCUT2D eigenvalue weighted by atomic mass is 9.80. The van der Waals surface area contributed by atoms with E-state index in [-0.39, 0.29) is 11.7 Å². The molecule has 0 aromatic heterocycles. The van der Waals surface area contributed by atoms with E-state index in [2.05, 4.69) is 5.32 Å². The van der Waals surface area contributed by atoms with Gasteiger partial charge in [-0.3, -0.25) is 19.7 Å². The number of amides is 2. The maximum atomic E-state index is 13.3. The number of imide groups is 1. The topological polar surface area (TPSA) is 95.9 Å². The van der Waals surface area contributed by atoms with Gasteiger partial charge in [-0.1, -0.05) is 30.3 Å². The highest BCUT2D eigenvalue weighted by Crippen LogP contribution is 2.50. The van der Waals surface area contributed by atoms with E-state index in [1.54, 1.807) is 49.4 Å². The molecule has 0 saturated carbocycles. The minimum Gasteiger partial charge on any atom is -0.508 e. The second-order valence-corrected chi connectivity index (χ2v) is 7.26. The number of anilines is 1. The van der Waals surface area contributed by atoms with E-state index >= 15 is 0 Å². The van der Waals surface area contributed by atoms with Gasteiger partial charge in [-0.25, -0.2) is 4.90 Å². The lowest BCUT2D eigenvalue weighted by Crippen LogP contribution is -2.54. The summed E-state index contributed by atoms with van der Waals surface area (Å²) in [5.74, 6) is -2.95. The molecule has 2 aromatic carbocycles. The van der Waals surface area contributed by atoms with Crippen molar-refractivity contribution >= 4 is 23.5 Å². The van der Waals surface area contributed by atoms with Crippen molar-refractivity contribution in [1.29, 1.82) is 0 Å². The van der Waals surface area contributed by atoms with Crippen molar-refractivity contribution in [3.05, 3.63) is 60.2 Å². The fourth-order valence-electron chi connectivity index (χ4n) is 4.34. The number of esters is 1. The van der Waals surface area contributed by atoms with Crippen molar-refractivity contribution < 1.29 is 24.2 Å². The second kappa shape index (κ2) is 6.45. The highest BCUT2D eigenvalue weighted by molar-refractivity contribution is 6.24. The van der Waals surface area contributed by atoms with Crippen molar-refractivity contribution in [3.8, 4) is 5.75 Å². The van der Waals surface area contributed by atoms with E-state index < -0.39 is 35.3 Å². The molecule has 2 fully saturated rings. The molecule has 144 valence electrons. The Morgan fingerprint density at radius 2 is 1.71 bits per heavy atom. The van der Waals surface area contributed by atoms with Crippen LogP contribution in [0.3, 0.4) is 0 Å². The first-order valence-corrected chi connectivity index (χ1v) is 8.96. The van der Waals surface area contributed by atoms with Crippen molar-refractivity contribution in [2.24, 2.45) is 11.8 Å². The third-order valence-corrected chi connectivity index (χ3v) is 5.66. The number of hydrogen-bond donors (Lipinski definition) is 2. The predicted molar refractivity (Wildman–Crippen MR) is 100 cm³/mol. The molecule has 7 nitrogen and oxygen atoms in total. The number of aromatic hydroxyl groups is 1. The number of phenols is 1. The van der Waals surface area contributed by atoms with Crippen LogP contribution in [0.5, 0.6) is 5.75 Å². The molecule has 4 atom stereocenters. The number of nitrogens with one attached hydrogen (secondary N) is 1. The quantitative estimate of drug-likeness (QED) is 0.622. The average molecular weight is 380 g/mol. The molecule has 2 aromatic rings.